The van der Waals surface area contributed by atoms with Gasteiger partial charge in [-0.2, -0.15) is 0 Å². The van der Waals surface area contributed by atoms with E-state index in [0.29, 0.717) is 10.6 Å². The number of aromatic nitrogens is 1. The largest absolute Gasteiger partial charge is 0.332 e. The van der Waals surface area contributed by atoms with Crippen LogP contribution in [0.5, 0.6) is 0 Å². The van der Waals surface area contributed by atoms with Crippen LogP contribution in [0.4, 0.5) is 5.69 Å². The number of thiazole rings is 1. The van der Waals surface area contributed by atoms with Gasteiger partial charge in [0.2, 0.25) is 0 Å². The van der Waals surface area contributed by atoms with E-state index in [2.05, 4.69) is 16.7 Å². The van der Waals surface area contributed by atoms with Gasteiger partial charge in [-0.15, -0.1) is 11.3 Å². The van der Waals surface area contributed by atoms with E-state index in [1.54, 1.807) is 35.6 Å². The molecule has 7 heteroatoms. The van der Waals surface area contributed by atoms with Crippen molar-refractivity contribution in [3.63, 3.8) is 0 Å². The van der Waals surface area contributed by atoms with E-state index in [4.69, 9.17) is 28.8 Å². The Morgan fingerprint density at radius 3 is 2.59 bits per heavy atom. The van der Waals surface area contributed by atoms with Gasteiger partial charge in [0.1, 0.15) is 5.01 Å². The summed E-state index contributed by atoms with van der Waals surface area (Å²) in [7, 11) is 0. The van der Waals surface area contributed by atoms with Gasteiger partial charge in [0.25, 0.3) is 5.91 Å². The SMILES string of the molecule is Cc1c(NC(=S)NC(=O)c2ccccc2Cl)cccc1-c1nc2ccccc2s1. The number of nitrogens with one attached hydrogen (secondary N) is 2. The highest BCUT2D eigenvalue weighted by Crippen LogP contribution is 2.34. The molecule has 3 aromatic carbocycles. The lowest BCUT2D eigenvalue weighted by Crippen LogP contribution is -2.34. The molecule has 144 valence electrons. The highest BCUT2D eigenvalue weighted by molar-refractivity contribution is 7.80. The van der Waals surface area contributed by atoms with Crippen molar-refractivity contribution in [3.8, 4) is 10.6 Å². The number of carbonyl (C=O) groups is 1. The van der Waals surface area contributed by atoms with Crippen LogP contribution in [-0.2, 0) is 0 Å². The highest BCUT2D eigenvalue weighted by Gasteiger charge is 2.14. The number of hydrogen-bond acceptors (Lipinski definition) is 4. The quantitative estimate of drug-likeness (QED) is 0.383. The number of carbonyl (C=O) groups excluding carboxylic acids is 1. The minimum atomic E-state index is -0.354. The van der Waals surface area contributed by atoms with Crippen LogP contribution < -0.4 is 10.6 Å². The lowest BCUT2D eigenvalue weighted by atomic mass is 10.1. The standard InChI is InChI=1S/C22H16ClN3OS2/c1-13-14(21-24-18-10-4-5-12-19(18)29-21)8-6-11-17(13)25-22(28)26-20(27)15-7-2-3-9-16(15)23/h2-12H,1H3,(H2,25,26,27,28). The molecule has 0 aliphatic rings. The summed E-state index contributed by atoms with van der Waals surface area (Å²) in [5.41, 5.74) is 4.19. The minimum Gasteiger partial charge on any atom is -0.332 e. The molecule has 1 heterocycles. The molecule has 29 heavy (non-hydrogen) atoms. The molecule has 1 amide bonds. The molecule has 0 saturated carbocycles. The van der Waals surface area contributed by atoms with Crippen LogP contribution in [0.25, 0.3) is 20.8 Å². The Balaban J connectivity index is 1.55. The minimum absolute atomic E-state index is 0.208. The molecule has 0 atom stereocenters. The predicted octanol–water partition coefficient (Wildman–Crippen LogP) is 6.05. The average Bonchev–Trinajstić information content (AvgIpc) is 3.13. The van der Waals surface area contributed by atoms with Gasteiger partial charge in [-0.05, 0) is 55.0 Å². The van der Waals surface area contributed by atoms with Gasteiger partial charge in [0.05, 0.1) is 20.8 Å². The zero-order valence-corrected chi connectivity index (χ0v) is 17.8. The van der Waals surface area contributed by atoms with Crippen LogP contribution in [0.3, 0.4) is 0 Å². The van der Waals surface area contributed by atoms with E-state index >= 15 is 0 Å². The van der Waals surface area contributed by atoms with Crippen molar-refractivity contribution in [1.29, 1.82) is 0 Å². The second kappa shape index (κ2) is 8.29. The maximum Gasteiger partial charge on any atom is 0.258 e. The van der Waals surface area contributed by atoms with E-state index in [9.17, 15) is 4.79 Å². The summed E-state index contributed by atoms with van der Waals surface area (Å²) in [6, 6.07) is 20.8. The predicted molar refractivity (Wildman–Crippen MR) is 125 cm³/mol. The Kier molecular flexibility index (Phi) is 5.58. The Morgan fingerprint density at radius 2 is 1.79 bits per heavy atom. The van der Waals surface area contributed by atoms with Crippen molar-refractivity contribution < 1.29 is 4.79 Å². The van der Waals surface area contributed by atoms with Gasteiger partial charge in [-0.25, -0.2) is 4.98 Å². The number of para-hydroxylation sites is 1. The third-order valence-corrected chi connectivity index (χ3v) is 6.06. The summed E-state index contributed by atoms with van der Waals surface area (Å²) >= 11 is 13.1. The first-order valence-corrected chi connectivity index (χ1v) is 10.5. The number of rotatable bonds is 3. The molecule has 0 bridgehead atoms. The van der Waals surface area contributed by atoms with E-state index in [1.165, 1.54) is 0 Å². The number of benzene rings is 3. The summed E-state index contributed by atoms with van der Waals surface area (Å²) in [6.07, 6.45) is 0. The van der Waals surface area contributed by atoms with Crippen LogP contribution in [0.1, 0.15) is 15.9 Å². The van der Waals surface area contributed by atoms with E-state index in [-0.39, 0.29) is 11.0 Å². The van der Waals surface area contributed by atoms with Crippen LogP contribution >= 0.6 is 35.2 Å². The van der Waals surface area contributed by atoms with Gasteiger partial charge in [0.15, 0.2) is 5.11 Å². The molecule has 0 unspecified atom stereocenters. The number of thiocarbonyl (C=S) groups is 1. The normalized spacial score (nSPS) is 10.7. The zero-order chi connectivity index (χ0) is 20.4. The van der Waals surface area contributed by atoms with Crippen molar-refractivity contribution in [2.75, 3.05) is 5.32 Å². The van der Waals surface area contributed by atoms with Crippen molar-refractivity contribution in [3.05, 3.63) is 82.9 Å². The molecule has 0 saturated heterocycles. The van der Waals surface area contributed by atoms with Gasteiger partial charge < -0.3 is 5.32 Å². The summed E-state index contributed by atoms with van der Waals surface area (Å²) in [5.74, 6) is -0.354. The molecule has 0 fully saturated rings. The third kappa shape index (κ3) is 4.15. The molecule has 2 N–H and O–H groups in total. The van der Waals surface area contributed by atoms with E-state index < -0.39 is 0 Å². The maximum atomic E-state index is 12.4. The maximum absolute atomic E-state index is 12.4. The number of hydrogen-bond donors (Lipinski definition) is 2. The first-order chi connectivity index (χ1) is 14.0. The van der Waals surface area contributed by atoms with Gasteiger partial charge >= 0.3 is 0 Å². The number of anilines is 1. The van der Waals surface area contributed by atoms with E-state index in [1.807, 2.05) is 43.3 Å². The van der Waals surface area contributed by atoms with Crippen molar-refractivity contribution in [2.45, 2.75) is 6.92 Å². The Morgan fingerprint density at radius 1 is 1.03 bits per heavy atom. The molecule has 0 spiro atoms. The second-order valence-corrected chi connectivity index (χ2v) is 8.20. The molecule has 4 nitrogen and oxygen atoms in total. The fraction of sp³-hybridized carbons (Fsp3) is 0.0455. The summed E-state index contributed by atoms with van der Waals surface area (Å²) < 4.78 is 1.14. The fourth-order valence-electron chi connectivity index (χ4n) is 2.96. The van der Waals surface area contributed by atoms with Crippen LogP contribution in [0.15, 0.2) is 66.7 Å². The lowest BCUT2D eigenvalue weighted by molar-refractivity contribution is 0.0978. The summed E-state index contributed by atoms with van der Waals surface area (Å²) in [5, 5.41) is 7.31. The zero-order valence-electron chi connectivity index (χ0n) is 15.4. The molecular weight excluding hydrogens is 422 g/mol. The first-order valence-electron chi connectivity index (χ1n) is 8.85. The molecule has 0 aliphatic carbocycles. The number of nitrogens with zero attached hydrogens (tertiary/aromatic N) is 1. The van der Waals surface area contributed by atoms with E-state index in [0.717, 1.165) is 32.0 Å². The Labute approximate surface area is 182 Å². The topological polar surface area (TPSA) is 54.0 Å². The molecule has 0 aliphatic heterocycles. The van der Waals surface area contributed by atoms with Gasteiger partial charge in [-0.1, -0.05) is 48.0 Å². The van der Waals surface area contributed by atoms with Gasteiger partial charge in [-0.3, -0.25) is 10.1 Å². The lowest BCUT2D eigenvalue weighted by Gasteiger charge is -2.14. The van der Waals surface area contributed by atoms with Gasteiger partial charge in [0, 0.05) is 11.3 Å². The molecule has 0 radical (unpaired) electrons. The molecular formula is C22H16ClN3OS2. The van der Waals surface area contributed by atoms with Crippen molar-refractivity contribution in [1.82, 2.24) is 10.3 Å². The highest BCUT2D eigenvalue weighted by atomic mass is 35.5. The van der Waals surface area contributed by atoms with Crippen LogP contribution in [0.2, 0.25) is 5.02 Å². The number of fused-ring (bicyclic) bond motifs is 1. The van der Waals surface area contributed by atoms with Crippen LogP contribution in [0, 0.1) is 6.92 Å². The Hall–Kier alpha value is -2.80. The van der Waals surface area contributed by atoms with Crippen molar-refractivity contribution >= 4 is 62.1 Å². The second-order valence-electron chi connectivity index (χ2n) is 6.35. The first kappa shape index (κ1) is 19.5. The monoisotopic (exact) mass is 437 g/mol. The Bertz CT molecular complexity index is 1200. The fourth-order valence-corrected chi connectivity index (χ4v) is 4.43. The smallest absolute Gasteiger partial charge is 0.258 e. The average molecular weight is 438 g/mol. The molecule has 4 aromatic rings. The van der Waals surface area contributed by atoms with Crippen molar-refractivity contribution in [2.24, 2.45) is 0 Å². The number of amides is 1. The summed E-state index contributed by atoms with van der Waals surface area (Å²) in [6.45, 7) is 2.00. The number of halogens is 1. The van der Waals surface area contributed by atoms with Crippen LogP contribution in [-0.4, -0.2) is 16.0 Å². The summed E-state index contributed by atoms with van der Waals surface area (Å²) in [4.78, 5) is 17.1. The molecule has 1 aromatic heterocycles. The molecule has 4 rings (SSSR count). The third-order valence-electron chi connectivity index (χ3n) is 4.45.